The minimum absolute atomic E-state index is 0.623. The van der Waals surface area contributed by atoms with Crippen molar-refractivity contribution in [3.63, 3.8) is 0 Å². The van der Waals surface area contributed by atoms with Crippen LogP contribution in [0.3, 0.4) is 0 Å². The SMILES string of the molecule is CNC1CCN(c2cnc(Br)c(-c3ccccc3)n2)CC1. The van der Waals surface area contributed by atoms with Gasteiger partial charge in [-0.25, -0.2) is 9.97 Å². The van der Waals surface area contributed by atoms with Gasteiger partial charge in [0, 0.05) is 24.7 Å². The molecule has 0 bridgehead atoms. The lowest BCUT2D eigenvalue weighted by Crippen LogP contribution is -2.41. The van der Waals surface area contributed by atoms with Crippen LogP contribution in [0.25, 0.3) is 11.3 Å². The number of nitrogens with zero attached hydrogens (tertiary/aromatic N) is 3. The molecular weight excluding hydrogens is 328 g/mol. The molecule has 1 N–H and O–H groups in total. The Morgan fingerprint density at radius 3 is 2.57 bits per heavy atom. The van der Waals surface area contributed by atoms with Crippen LogP contribution in [0.5, 0.6) is 0 Å². The molecule has 0 amide bonds. The van der Waals surface area contributed by atoms with Gasteiger partial charge in [0.15, 0.2) is 0 Å². The molecule has 4 nitrogen and oxygen atoms in total. The van der Waals surface area contributed by atoms with Crippen LogP contribution in [-0.4, -0.2) is 36.1 Å². The van der Waals surface area contributed by atoms with Crippen molar-refractivity contribution in [1.29, 1.82) is 0 Å². The van der Waals surface area contributed by atoms with E-state index >= 15 is 0 Å². The fraction of sp³-hybridized carbons (Fsp3) is 0.375. The normalized spacial score (nSPS) is 16.2. The van der Waals surface area contributed by atoms with Crippen LogP contribution < -0.4 is 10.2 Å². The Bertz CT molecular complexity index is 594. The van der Waals surface area contributed by atoms with E-state index in [2.05, 4.69) is 43.3 Å². The molecule has 1 aliphatic rings. The van der Waals surface area contributed by atoms with Crippen LogP contribution in [0.1, 0.15) is 12.8 Å². The Balaban J connectivity index is 1.85. The molecule has 110 valence electrons. The summed E-state index contributed by atoms with van der Waals surface area (Å²) in [6, 6.07) is 10.8. The summed E-state index contributed by atoms with van der Waals surface area (Å²) in [5, 5.41) is 3.35. The molecule has 0 atom stereocenters. The number of aromatic nitrogens is 2. The highest BCUT2D eigenvalue weighted by Gasteiger charge is 2.20. The van der Waals surface area contributed by atoms with E-state index in [0.717, 1.165) is 47.6 Å². The van der Waals surface area contributed by atoms with E-state index in [0.29, 0.717) is 6.04 Å². The quantitative estimate of drug-likeness (QED) is 0.927. The zero-order valence-electron chi connectivity index (χ0n) is 12.1. The second-order valence-corrected chi connectivity index (χ2v) is 6.03. The number of hydrogen-bond acceptors (Lipinski definition) is 4. The number of piperidine rings is 1. The summed E-state index contributed by atoms with van der Waals surface area (Å²) in [5.74, 6) is 0.964. The predicted molar refractivity (Wildman–Crippen MR) is 89.5 cm³/mol. The van der Waals surface area contributed by atoms with Gasteiger partial charge in [-0.15, -0.1) is 0 Å². The highest BCUT2D eigenvalue weighted by molar-refractivity contribution is 9.10. The fourth-order valence-corrected chi connectivity index (χ4v) is 3.11. The first-order valence-electron chi connectivity index (χ1n) is 7.28. The number of benzene rings is 1. The summed E-state index contributed by atoms with van der Waals surface area (Å²) in [6.07, 6.45) is 4.15. The molecule has 3 rings (SSSR count). The lowest BCUT2D eigenvalue weighted by atomic mass is 10.1. The molecule has 5 heteroatoms. The van der Waals surface area contributed by atoms with Crippen molar-refractivity contribution in [2.24, 2.45) is 0 Å². The second-order valence-electron chi connectivity index (χ2n) is 5.28. The van der Waals surface area contributed by atoms with Gasteiger partial charge in [-0.05, 0) is 35.8 Å². The lowest BCUT2D eigenvalue weighted by Gasteiger charge is -2.32. The smallest absolute Gasteiger partial charge is 0.147 e. The van der Waals surface area contributed by atoms with E-state index in [1.165, 1.54) is 0 Å². The third-order valence-corrected chi connectivity index (χ3v) is 4.57. The Morgan fingerprint density at radius 2 is 1.90 bits per heavy atom. The van der Waals surface area contributed by atoms with Crippen LogP contribution in [0.2, 0.25) is 0 Å². The van der Waals surface area contributed by atoms with Crippen molar-refractivity contribution in [2.75, 3.05) is 25.0 Å². The third kappa shape index (κ3) is 3.24. The first kappa shape index (κ1) is 14.5. The van der Waals surface area contributed by atoms with Gasteiger partial charge in [0.25, 0.3) is 0 Å². The summed E-state index contributed by atoms with van der Waals surface area (Å²) in [4.78, 5) is 11.6. The van der Waals surface area contributed by atoms with E-state index in [1.807, 2.05) is 31.4 Å². The standard InChI is InChI=1S/C16H19BrN4/c1-18-13-7-9-21(10-8-13)14-11-19-16(17)15(20-14)12-5-3-2-4-6-12/h2-6,11,13,18H,7-10H2,1H3. The molecule has 0 spiro atoms. The minimum atomic E-state index is 0.623. The summed E-state index contributed by atoms with van der Waals surface area (Å²) in [6.45, 7) is 2.05. The summed E-state index contributed by atoms with van der Waals surface area (Å²) < 4.78 is 0.794. The number of nitrogens with one attached hydrogen (secondary N) is 1. The Labute approximate surface area is 133 Å². The van der Waals surface area contributed by atoms with Crippen molar-refractivity contribution < 1.29 is 0 Å². The van der Waals surface area contributed by atoms with Crippen molar-refractivity contribution in [3.8, 4) is 11.3 Å². The molecule has 1 aromatic carbocycles. The maximum absolute atomic E-state index is 4.81. The monoisotopic (exact) mass is 346 g/mol. The highest BCUT2D eigenvalue weighted by atomic mass is 79.9. The third-order valence-electron chi connectivity index (χ3n) is 3.99. The van der Waals surface area contributed by atoms with Crippen LogP contribution in [0, 0.1) is 0 Å². The highest BCUT2D eigenvalue weighted by Crippen LogP contribution is 2.27. The first-order valence-corrected chi connectivity index (χ1v) is 8.07. The zero-order valence-corrected chi connectivity index (χ0v) is 13.7. The fourth-order valence-electron chi connectivity index (χ4n) is 2.69. The van der Waals surface area contributed by atoms with Gasteiger partial charge in [0.05, 0.1) is 6.20 Å². The van der Waals surface area contributed by atoms with E-state index in [4.69, 9.17) is 4.98 Å². The molecule has 1 fully saturated rings. The van der Waals surface area contributed by atoms with Gasteiger partial charge in [0.2, 0.25) is 0 Å². The van der Waals surface area contributed by atoms with Crippen LogP contribution >= 0.6 is 15.9 Å². The molecule has 0 radical (unpaired) electrons. The molecule has 0 unspecified atom stereocenters. The summed E-state index contributed by atoms with van der Waals surface area (Å²) in [5.41, 5.74) is 1.99. The molecule has 21 heavy (non-hydrogen) atoms. The summed E-state index contributed by atoms with van der Waals surface area (Å²) >= 11 is 3.51. The topological polar surface area (TPSA) is 41.0 Å². The van der Waals surface area contributed by atoms with Crippen molar-refractivity contribution in [3.05, 3.63) is 41.1 Å². The van der Waals surface area contributed by atoms with Crippen molar-refractivity contribution >= 4 is 21.7 Å². The molecule has 1 saturated heterocycles. The summed E-state index contributed by atoms with van der Waals surface area (Å²) in [7, 11) is 2.03. The largest absolute Gasteiger partial charge is 0.355 e. The molecule has 2 aromatic rings. The molecule has 1 aliphatic heterocycles. The van der Waals surface area contributed by atoms with Crippen LogP contribution in [0.4, 0.5) is 5.82 Å². The van der Waals surface area contributed by atoms with E-state index in [-0.39, 0.29) is 0 Å². The molecule has 1 aromatic heterocycles. The molecule has 0 saturated carbocycles. The van der Waals surface area contributed by atoms with Crippen molar-refractivity contribution in [1.82, 2.24) is 15.3 Å². The van der Waals surface area contributed by atoms with Gasteiger partial charge in [-0.3, -0.25) is 0 Å². The number of rotatable bonds is 3. The van der Waals surface area contributed by atoms with Gasteiger partial charge in [-0.2, -0.15) is 0 Å². The molecule has 2 heterocycles. The Hall–Kier alpha value is -1.46. The maximum Gasteiger partial charge on any atom is 0.147 e. The number of hydrogen-bond donors (Lipinski definition) is 1. The van der Waals surface area contributed by atoms with E-state index < -0.39 is 0 Å². The average molecular weight is 347 g/mol. The van der Waals surface area contributed by atoms with Gasteiger partial charge in [-0.1, -0.05) is 30.3 Å². The van der Waals surface area contributed by atoms with Crippen LogP contribution in [0.15, 0.2) is 41.1 Å². The van der Waals surface area contributed by atoms with Gasteiger partial charge >= 0.3 is 0 Å². The Kier molecular flexibility index (Phi) is 4.51. The van der Waals surface area contributed by atoms with Gasteiger partial charge in [0.1, 0.15) is 16.1 Å². The average Bonchev–Trinajstić information content (AvgIpc) is 2.56. The van der Waals surface area contributed by atoms with Gasteiger partial charge < -0.3 is 10.2 Å². The van der Waals surface area contributed by atoms with E-state index in [9.17, 15) is 0 Å². The van der Waals surface area contributed by atoms with Crippen LogP contribution in [-0.2, 0) is 0 Å². The first-order chi connectivity index (χ1) is 10.3. The number of anilines is 1. The minimum Gasteiger partial charge on any atom is -0.355 e. The predicted octanol–water partition coefficient (Wildman–Crippen LogP) is 3.09. The maximum atomic E-state index is 4.81. The molecule has 0 aliphatic carbocycles. The Morgan fingerprint density at radius 1 is 1.19 bits per heavy atom. The van der Waals surface area contributed by atoms with E-state index in [1.54, 1.807) is 0 Å². The lowest BCUT2D eigenvalue weighted by molar-refractivity contribution is 0.440. The molecular formula is C16H19BrN4. The number of halogens is 1. The second kappa shape index (κ2) is 6.54. The zero-order chi connectivity index (χ0) is 14.7. The van der Waals surface area contributed by atoms with Crippen molar-refractivity contribution in [2.45, 2.75) is 18.9 Å².